The molecule has 0 N–H and O–H groups in total. The maximum absolute atomic E-state index is 11.9. The predicted octanol–water partition coefficient (Wildman–Crippen LogP) is 2.92. The molecule has 0 fully saturated rings. The highest BCUT2D eigenvalue weighted by atomic mass is 16.6. The number of anilines is 1. The Hall–Kier alpha value is -2.29. The zero-order valence-electron chi connectivity index (χ0n) is 10.4. The molecule has 0 aliphatic carbocycles. The molecule has 1 atom stereocenters. The molecule has 2 aromatic carbocycles. The van der Waals surface area contributed by atoms with Gasteiger partial charge in [0.15, 0.2) is 0 Å². The Morgan fingerprint density at radius 2 is 1.84 bits per heavy atom. The lowest BCUT2D eigenvalue weighted by Gasteiger charge is -2.26. The monoisotopic (exact) mass is 251 g/mol. The minimum atomic E-state index is -0.271. The average Bonchev–Trinajstić information content (AvgIpc) is 3.01. The van der Waals surface area contributed by atoms with E-state index in [1.807, 2.05) is 30.3 Å². The molecule has 0 aromatic heterocycles. The lowest BCUT2D eigenvalue weighted by molar-refractivity contribution is 0.0382. The van der Waals surface area contributed by atoms with Gasteiger partial charge in [-0.15, -0.1) is 0 Å². The summed E-state index contributed by atoms with van der Waals surface area (Å²) < 4.78 is 5.56. The van der Waals surface area contributed by atoms with Crippen molar-refractivity contribution >= 4 is 11.7 Å². The largest absolute Gasteiger partial charge is 0.434 e. The SMILES string of the molecule is O=C1OC(N2CCc3ccccc32)c2ccccc21. The minimum Gasteiger partial charge on any atom is -0.434 e. The fourth-order valence-corrected chi connectivity index (χ4v) is 2.97. The molecule has 19 heavy (non-hydrogen) atoms. The molecule has 0 saturated heterocycles. The first-order valence-electron chi connectivity index (χ1n) is 6.49. The van der Waals surface area contributed by atoms with E-state index in [-0.39, 0.29) is 12.2 Å². The van der Waals surface area contributed by atoms with Gasteiger partial charge in [-0.05, 0) is 24.1 Å². The van der Waals surface area contributed by atoms with E-state index >= 15 is 0 Å². The third-order valence-electron chi connectivity index (χ3n) is 3.87. The number of para-hydroxylation sites is 1. The Balaban J connectivity index is 1.78. The van der Waals surface area contributed by atoms with E-state index in [1.165, 1.54) is 11.3 Å². The Bertz CT molecular complexity index is 665. The van der Waals surface area contributed by atoms with Gasteiger partial charge in [0.1, 0.15) is 0 Å². The summed E-state index contributed by atoms with van der Waals surface area (Å²) in [5.74, 6) is -0.218. The molecule has 0 radical (unpaired) electrons. The van der Waals surface area contributed by atoms with Gasteiger partial charge in [-0.25, -0.2) is 4.79 Å². The first-order valence-corrected chi connectivity index (χ1v) is 6.49. The summed E-state index contributed by atoms with van der Waals surface area (Å²) >= 11 is 0. The van der Waals surface area contributed by atoms with Crippen molar-refractivity contribution in [1.29, 1.82) is 0 Å². The van der Waals surface area contributed by atoms with Gasteiger partial charge in [0.05, 0.1) is 5.56 Å². The summed E-state index contributed by atoms with van der Waals surface area (Å²) in [6.07, 6.45) is 0.735. The number of hydrogen-bond donors (Lipinski definition) is 0. The fourth-order valence-electron chi connectivity index (χ4n) is 2.97. The molecule has 2 aromatic rings. The van der Waals surface area contributed by atoms with Crippen molar-refractivity contribution in [2.75, 3.05) is 11.4 Å². The summed E-state index contributed by atoms with van der Waals surface area (Å²) in [6.45, 7) is 0.894. The van der Waals surface area contributed by atoms with Crippen molar-refractivity contribution in [3.8, 4) is 0 Å². The lowest BCUT2D eigenvalue weighted by Crippen LogP contribution is -2.26. The molecule has 3 heteroatoms. The molecule has 2 heterocycles. The minimum absolute atomic E-state index is 0.218. The number of ether oxygens (including phenoxy) is 1. The van der Waals surface area contributed by atoms with E-state index in [1.54, 1.807) is 0 Å². The van der Waals surface area contributed by atoms with E-state index in [4.69, 9.17) is 4.74 Å². The Labute approximate surface area is 111 Å². The van der Waals surface area contributed by atoms with Gasteiger partial charge in [-0.2, -0.15) is 0 Å². The zero-order chi connectivity index (χ0) is 12.8. The van der Waals surface area contributed by atoms with Gasteiger partial charge in [0.2, 0.25) is 6.23 Å². The van der Waals surface area contributed by atoms with E-state index in [0.29, 0.717) is 5.56 Å². The quantitative estimate of drug-likeness (QED) is 0.730. The van der Waals surface area contributed by atoms with Crippen LogP contribution in [0.1, 0.15) is 27.7 Å². The first-order chi connectivity index (χ1) is 9.34. The van der Waals surface area contributed by atoms with Gasteiger partial charge in [-0.1, -0.05) is 36.4 Å². The third-order valence-corrected chi connectivity index (χ3v) is 3.87. The van der Waals surface area contributed by atoms with Gasteiger partial charge >= 0.3 is 5.97 Å². The number of benzene rings is 2. The highest BCUT2D eigenvalue weighted by molar-refractivity contribution is 5.94. The van der Waals surface area contributed by atoms with Crippen LogP contribution >= 0.6 is 0 Å². The summed E-state index contributed by atoms with van der Waals surface area (Å²) in [4.78, 5) is 14.1. The van der Waals surface area contributed by atoms with Crippen LogP contribution in [0.15, 0.2) is 48.5 Å². The number of nitrogens with zero attached hydrogens (tertiary/aromatic N) is 1. The number of esters is 1. The van der Waals surface area contributed by atoms with Crippen LogP contribution in [-0.4, -0.2) is 12.5 Å². The Morgan fingerprint density at radius 1 is 1.05 bits per heavy atom. The fraction of sp³-hybridized carbons (Fsp3) is 0.188. The van der Waals surface area contributed by atoms with Gasteiger partial charge < -0.3 is 9.64 Å². The number of cyclic esters (lactones) is 1. The maximum atomic E-state index is 11.9. The molecule has 2 aliphatic rings. The average molecular weight is 251 g/mol. The van der Waals surface area contributed by atoms with Crippen LogP contribution < -0.4 is 4.90 Å². The zero-order valence-corrected chi connectivity index (χ0v) is 10.4. The molecule has 0 saturated carbocycles. The molecule has 4 rings (SSSR count). The molecule has 0 amide bonds. The summed E-state index contributed by atoms with van der Waals surface area (Å²) in [6, 6.07) is 16.0. The van der Waals surface area contributed by atoms with E-state index in [9.17, 15) is 4.79 Å². The van der Waals surface area contributed by atoms with Crippen LogP contribution in [0.5, 0.6) is 0 Å². The van der Waals surface area contributed by atoms with Gasteiger partial charge in [-0.3, -0.25) is 0 Å². The molecular weight excluding hydrogens is 238 g/mol. The van der Waals surface area contributed by atoms with Crippen LogP contribution in [0.25, 0.3) is 0 Å². The van der Waals surface area contributed by atoms with E-state index in [2.05, 4.69) is 23.1 Å². The van der Waals surface area contributed by atoms with Crippen molar-refractivity contribution < 1.29 is 9.53 Å². The first kappa shape index (κ1) is 10.6. The normalized spacial score (nSPS) is 20.1. The highest BCUT2D eigenvalue weighted by Crippen LogP contribution is 2.40. The highest BCUT2D eigenvalue weighted by Gasteiger charge is 2.37. The third kappa shape index (κ3) is 1.48. The van der Waals surface area contributed by atoms with Crippen LogP contribution in [0.4, 0.5) is 5.69 Å². The van der Waals surface area contributed by atoms with Crippen LogP contribution in [0.3, 0.4) is 0 Å². The van der Waals surface area contributed by atoms with Crippen LogP contribution in [0.2, 0.25) is 0 Å². The van der Waals surface area contributed by atoms with Crippen molar-refractivity contribution in [1.82, 2.24) is 0 Å². The molecule has 94 valence electrons. The second-order valence-corrected chi connectivity index (χ2v) is 4.92. The molecule has 0 bridgehead atoms. The van der Waals surface area contributed by atoms with Crippen molar-refractivity contribution in [3.05, 3.63) is 65.2 Å². The molecule has 0 spiro atoms. The predicted molar refractivity (Wildman–Crippen MR) is 72.1 cm³/mol. The van der Waals surface area contributed by atoms with Gasteiger partial charge in [0, 0.05) is 17.8 Å². The molecule has 3 nitrogen and oxygen atoms in total. The number of carbonyl (C=O) groups is 1. The topological polar surface area (TPSA) is 29.5 Å². The number of fused-ring (bicyclic) bond motifs is 2. The van der Waals surface area contributed by atoms with Crippen LogP contribution in [0, 0.1) is 0 Å². The molecular formula is C16H13NO2. The molecule has 2 aliphatic heterocycles. The van der Waals surface area contributed by atoms with Crippen molar-refractivity contribution in [2.24, 2.45) is 0 Å². The number of carbonyl (C=O) groups excluding carboxylic acids is 1. The Kier molecular flexibility index (Phi) is 2.15. The number of hydrogen-bond acceptors (Lipinski definition) is 3. The lowest BCUT2D eigenvalue weighted by atomic mass is 10.1. The van der Waals surface area contributed by atoms with E-state index in [0.717, 1.165) is 18.5 Å². The second kappa shape index (κ2) is 3.85. The smallest absolute Gasteiger partial charge is 0.340 e. The standard InChI is InChI=1S/C16H13NO2/c18-16-13-7-3-2-6-12(13)15(19-16)17-10-9-11-5-1-4-8-14(11)17/h1-8,15H,9-10H2. The van der Waals surface area contributed by atoms with E-state index < -0.39 is 0 Å². The van der Waals surface area contributed by atoms with Crippen LogP contribution in [-0.2, 0) is 11.2 Å². The molecule has 1 unspecified atom stereocenters. The van der Waals surface area contributed by atoms with Crippen molar-refractivity contribution in [2.45, 2.75) is 12.6 Å². The van der Waals surface area contributed by atoms with Crippen molar-refractivity contribution in [3.63, 3.8) is 0 Å². The summed E-state index contributed by atoms with van der Waals surface area (Å²) in [7, 11) is 0. The summed E-state index contributed by atoms with van der Waals surface area (Å²) in [5, 5.41) is 0. The second-order valence-electron chi connectivity index (χ2n) is 4.92. The summed E-state index contributed by atoms with van der Waals surface area (Å²) in [5.41, 5.74) is 4.17. The Morgan fingerprint density at radius 3 is 2.79 bits per heavy atom. The maximum Gasteiger partial charge on any atom is 0.340 e. The van der Waals surface area contributed by atoms with Gasteiger partial charge in [0.25, 0.3) is 0 Å². The number of rotatable bonds is 1.